The normalized spacial score (nSPS) is 12.1. The molecule has 0 aliphatic heterocycles. The summed E-state index contributed by atoms with van der Waals surface area (Å²) in [5.74, 6) is -0.0138. The third kappa shape index (κ3) is 4.80. The summed E-state index contributed by atoms with van der Waals surface area (Å²) >= 11 is 1.27. The Hall–Kier alpha value is -2.08. The number of carbonyl (C=O) groups is 1. The van der Waals surface area contributed by atoms with Crippen molar-refractivity contribution in [3.05, 3.63) is 33.8 Å². The average molecular weight is 391 g/mol. The fraction of sp³-hybridized carbons (Fsp3) is 0.524. The molecule has 0 saturated carbocycles. The minimum absolute atomic E-state index is 0.212. The first kappa shape index (κ1) is 21.2. The Balaban J connectivity index is 2.48. The predicted molar refractivity (Wildman–Crippen MR) is 112 cm³/mol. The van der Waals surface area contributed by atoms with E-state index in [9.17, 15) is 9.90 Å². The number of aromatic nitrogens is 1. The zero-order valence-electron chi connectivity index (χ0n) is 17.5. The van der Waals surface area contributed by atoms with Crippen LogP contribution in [0.5, 0.6) is 5.75 Å². The van der Waals surface area contributed by atoms with Crippen molar-refractivity contribution in [2.24, 2.45) is 0 Å². The van der Waals surface area contributed by atoms with Gasteiger partial charge in [-0.3, -0.25) is 0 Å². The van der Waals surface area contributed by atoms with Crippen LogP contribution in [-0.4, -0.2) is 22.7 Å². The summed E-state index contributed by atoms with van der Waals surface area (Å²) in [4.78, 5) is 17.0. The Bertz CT molecular complexity index is 807. The molecule has 0 spiro atoms. The molecule has 2 aromatic rings. The maximum Gasteiger partial charge on any atom is 0.350 e. The number of phenolic OH excluding ortho intramolecular Hbond substituents is 1. The van der Waals surface area contributed by atoms with Crippen molar-refractivity contribution in [1.29, 1.82) is 0 Å². The smallest absolute Gasteiger partial charge is 0.350 e. The average Bonchev–Trinajstić information content (AvgIpc) is 2.87. The van der Waals surface area contributed by atoms with E-state index in [0.29, 0.717) is 28.1 Å². The van der Waals surface area contributed by atoms with Crippen molar-refractivity contribution >= 4 is 28.1 Å². The number of aromatic hydroxyl groups is 1. The molecule has 5 nitrogen and oxygen atoms in total. The fourth-order valence-electron chi connectivity index (χ4n) is 2.81. The summed E-state index contributed by atoms with van der Waals surface area (Å²) in [7, 11) is 0. The van der Waals surface area contributed by atoms with E-state index in [0.717, 1.165) is 16.8 Å². The number of nitrogens with zero attached hydrogens (tertiary/aromatic N) is 1. The van der Waals surface area contributed by atoms with Crippen LogP contribution in [0.3, 0.4) is 0 Å². The van der Waals surface area contributed by atoms with Crippen LogP contribution in [0.15, 0.2) is 12.1 Å². The van der Waals surface area contributed by atoms with Gasteiger partial charge < -0.3 is 15.2 Å². The summed E-state index contributed by atoms with van der Waals surface area (Å²) in [6.07, 6.45) is 0. The Morgan fingerprint density at radius 1 is 1.15 bits per heavy atom. The van der Waals surface area contributed by atoms with E-state index in [-0.39, 0.29) is 16.8 Å². The molecule has 1 aromatic heterocycles. The molecule has 0 amide bonds. The summed E-state index contributed by atoms with van der Waals surface area (Å²) in [5, 5.41) is 14.8. The number of phenols is 1. The zero-order valence-corrected chi connectivity index (χ0v) is 18.3. The minimum Gasteiger partial charge on any atom is -0.507 e. The van der Waals surface area contributed by atoms with E-state index < -0.39 is 0 Å². The third-order valence-electron chi connectivity index (χ3n) is 4.23. The van der Waals surface area contributed by atoms with Crippen molar-refractivity contribution in [2.75, 3.05) is 11.9 Å². The van der Waals surface area contributed by atoms with Gasteiger partial charge in [-0.15, -0.1) is 0 Å². The molecule has 0 unspecified atom stereocenters. The lowest BCUT2D eigenvalue weighted by molar-refractivity contribution is 0.0531. The van der Waals surface area contributed by atoms with Crippen LogP contribution in [0.1, 0.15) is 75.0 Å². The molecule has 0 bridgehead atoms. The summed E-state index contributed by atoms with van der Waals surface area (Å²) in [6, 6.07) is 3.90. The molecule has 148 valence electrons. The fourth-order valence-corrected chi connectivity index (χ4v) is 3.69. The van der Waals surface area contributed by atoms with Gasteiger partial charge in [0, 0.05) is 16.8 Å². The molecule has 0 fully saturated rings. The number of benzene rings is 1. The predicted octanol–water partition coefficient (Wildman–Crippen LogP) is 5.67. The molecule has 0 radical (unpaired) electrons. The van der Waals surface area contributed by atoms with E-state index in [4.69, 9.17) is 4.74 Å². The first-order valence-corrected chi connectivity index (χ1v) is 9.95. The molecule has 6 heteroatoms. The van der Waals surface area contributed by atoms with Crippen LogP contribution in [0.4, 0.5) is 10.8 Å². The van der Waals surface area contributed by atoms with Gasteiger partial charge >= 0.3 is 5.97 Å². The number of thiazole rings is 1. The first-order chi connectivity index (χ1) is 12.3. The molecule has 2 rings (SSSR count). The van der Waals surface area contributed by atoms with E-state index in [1.165, 1.54) is 11.3 Å². The molecule has 0 aliphatic carbocycles. The van der Waals surface area contributed by atoms with E-state index in [2.05, 4.69) is 51.8 Å². The van der Waals surface area contributed by atoms with Gasteiger partial charge in [-0.2, -0.15) is 0 Å². The number of carbonyl (C=O) groups excluding carboxylic acids is 1. The second kappa shape index (κ2) is 7.50. The van der Waals surface area contributed by atoms with Crippen molar-refractivity contribution in [3.8, 4) is 5.75 Å². The van der Waals surface area contributed by atoms with Gasteiger partial charge in [0.15, 0.2) is 5.13 Å². The highest BCUT2D eigenvalue weighted by Crippen LogP contribution is 2.41. The maximum absolute atomic E-state index is 12.0. The van der Waals surface area contributed by atoms with Gasteiger partial charge in [0.05, 0.1) is 12.3 Å². The Morgan fingerprint density at radius 2 is 1.67 bits per heavy atom. The number of rotatable bonds is 4. The van der Waals surface area contributed by atoms with Crippen LogP contribution in [0, 0.1) is 6.92 Å². The first-order valence-electron chi connectivity index (χ1n) is 9.14. The van der Waals surface area contributed by atoms with Gasteiger partial charge in [0.2, 0.25) is 0 Å². The highest BCUT2D eigenvalue weighted by molar-refractivity contribution is 7.17. The van der Waals surface area contributed by atoms with E-state index in [1.807, 2.05) is 12.1 Å². The summed E-state index contributed by atoms with van der Waals surface area (Å²) < 4.78 is 5.09. The molecular weight excluding hydrogens is 360 g/mol. The van der Waals surface area contributed by atoms with Crippen LogP contribution < -0.4 is 5.32 Å². The van der Waals surface area contributed by atoms with Crippen LogP contribution in [0.2, 0.25) is 0 Å². The van der Waals surface area contributed by atoms with E-state index >= 15 is 0 Å². The highest BCUT2D eigenvalue weighted by atomic mass is 32.1. The van der Waals surface area contributed by atoms with Crippen LogP contribution in [0.25, 0.3) is 0 Å². The zero-order chi connectivity index (χ0) is 20.6. The number of esters is 1. The molecule has 0 atom stereocenters. The number of anilines is 2. The Labute approximate surface area is 165 Å². The number of ether oxygens (including phenoxy) is 1. The quantitative estimate of drug-likeness (QED) is 0.520. The van der Waals surface area contributed by atoms with Crippen molar-refractivity contribution in [3.63, 3.8) is 0 Å². The number of hydrogen-bond acceptors (Lipinski definition) is 6. The number of aryl methyl sites for hydroxylation is 1. The van der Waals surface area contributed by atoms with Crippen LogP contribution in [-0.2, 0) is 15.6 Å². The SMILES string of the molecule is CCOC(=O)c1sc(Nc2cc(C(C)(C)C)c(O)c(C(C)(C)C)c2)nc1C. The van der Waals surface area contributed by atoms with E-state index in [1.54, 1.807) is 13.8 Å². The molecule has 0 aliphatic rings. The van der Waals surface area contributed by atoms with Crippen molar-refractivity contribution < 1.29 is 14.6 Å². The second-order valence-corrected chi connectivity index (χ2v) is 9.70. The van der Waals surface area contributed by atoms with Gasteiger partial charge in [-0.05, 0) is 36.8 Å². The van der Waals surface area contributed by atoms with Gasteiger partial charge in [0.25, 0.3) is 0 Å². The molecule has 27 heavy (non-hydrogen) atoms. The second-order valence-electron chi connectivity index (χ2n) is 8.70. The molecule has 0 saturated heterocycles. The molecular formula is C21H30N2O3S. The monoisotopic (exact) mass is 390 g/mol. The molecule has 1 heterocycles. The Morgan fingerprint density at radius 3 is 2.11 bits per heavy atom. The minimum atomic E-state index is -0.350. The third-order valence-corrected chi connectivity index (χ3v) is 5.29. The highest BCUT2D eigenvalue weighted by Gasteiger charge is 2.27. The van der Waals surface area contributed by atoms with Crippen molar-refractivity contribution in [1.82, 2.24) is 4.98 Å². The van der Waals surface area contributed by atoms with Gasteiger partial charge in [-0.1, -0.05) is 52.9 Å². The summed E-state index contributed by atoms with van der Waals surface area (Å²) in [5.41, 5.74) is 2.80. The summed E-state index contributed by atoms with van der Waals surface area (Å²) in [6.45, 7) is 16.4. The van der Waals surface area contributed by atoms with Crippen molar-refractivity contribution in [2.45, 2.75) is 66.2 Å². The maximum atomic E-state index is 12.0. The standard InChI is InChI=1S/C21H30N2O3S/c1-9-26-18(25)17-12(2)22-19(27-17)23-13-10-14(20(3,4)5)16(24)15(11-13)21(6,7)8/h10-11,24H,9H2,1-8H3,(H,22,23). The van der Waals surface area contributed by atoms with Gasteiger partial charge in [0.1, 0.15) is 10.6 Å². The topological polar surface area (TPSA) is 71.5 Å². The van der Waals surface area contributed by atoms with Crippen LogP contribution >= 0.6 is 11.3 Å². The van der Waals surface area contributed by atoms with Gasteiger partial charge in [-0.25, -0.2) is 9.78 Å². The Kier molecular flexibility index (Phi) is 5.90. The number of hydrogen-bond donors (Lipinski definition) is 2. The largest absolute Gasteiger partial charge is 0.507 e. The molecule has 1 aromatic carbocycles. The number of nitrogens with one attached hydrogen (secondary N) is 1. The lowest BCUT2D eigenvalue weighted by atomic mass is 9.79. The lowest BCUT2D eigenvalue weighted by Crippen LogP contribution is -2.17. The lowest BCUT2D eigenvalue weighted by Gasteiger charge is -2.28. The molecule has 2 N–H and O–H groups in total.